The van der Waals surface area contributed by atoms with Crippen LogP contribution in [0, 0.1) is 0 Å². The molecule has 9 heteroatoms. The molecule has 2 aromatic carbocycles. The number of sulfonamides is 1. The van der Waals surface area contributed by atoms with Crippen LogP contribution < -0.4 is 9.62 Å². The minimum absolute atomic E-state index is 0.105. The molecule has 0 spiro atoms. The fraction of sp³-hybridized carbons (Fsp3) is 0.176. The molecule has 0 aromatic heterocycles. The van der Waals surface area contributed by atoms with Gasteiger partial charge in [-0.15, -0.1) is 0 Å². The molecule has 1 heterocycles. The Labute approximate surface area is 155 Å². The highest BCUT2D eigenvalue weighted by Gasteiger charge is 2.27. The molecule has 0 aliphatic carbocycles. The third-order valence-corrected chi connectivity index (χ3v) is 5.97. The maximum absolute atomic E-state index is 12.7. The lowest BCUT2D eigenvalue weighted by atomic mass is 10.1. The van der Waals surface area contributed by atoms with E-state index in [1.165, 1.54) is 13.0 Å². The maximum atomic E-state index is 12.7. The number of nitrogens with zero attached hydrogens (tertiary/aromatic N) is 1. The molecule has 1 aliphatic rings. The number of carbonyl (C=O) groups excluding carboxylic acids is 1. The topological polar surface area (TPSA) is 104 Å². The van der Waals surface area contributed by atoms with Crippen molar-refractivity contribution in [3.8, 4) is 0 Å². The van der Waals surface area contributed by atoms with Gasteiger partial charge < -0.3 is 10.0 Å². The van der Waals surface area contributed by atoms with Crippen LogP contribution in [-0.4, -0.2) is 31.9 Å². The van der Waals surface area contributed by atoms with Crippen molar-refractivity contribution in [1.82, 2.24) is 0 Å². The molecule has 0 saturated heterocycles. The summed E-state index contributed by atoms with van der Waals surface area (Å²) in [6.07, 6.45) is 0.527. The lowest BCUT2D eigenvalue weighted by Gasteiger charge is -2.16. The summed E-state index contributed by atoms with van der Waals surface area (Å²) < 4.78 is 27.9. The smallest absolute Gasteiger partial charge is 0.335 e. The van der Waals surface area contributed by atoms with Crippen LogP contribution in [0.5, 0.6) is 0 Å². The van der Waals surface area contributed by atoms with Gasteiger partial charge in [-0.05, 0) is 36.8 Å². The number of carboxylic acids is 1. The molecular formula is C17H15ClN2O5S. The van der Waals surface area contributed by atoms with Crippen LogP contribution in [0.1, 0.15) is 22.8 Å². The number of benzene rings is 2. The van der Waals surface area contributed by atoms with E-state index in [9.17, 15) is 18.0 Å². The van der Waals surface area contributed by atoms with Gasteiger partial charge in [-0.2, -0.15) is 0 Å². The lowest BCUT2D eigenvalue weighted by molar-refractivity contribution is -0.116. The Morgan fingerprint density at radius 3 is 2.58 bits per heavy atom. The summed E-state index contributed by atoms with van der Waals surface area (Å²) in [5, 5.41) is 8.77. The molecule has 3 rings (SSSR count). The normalized spacial score (nSPS) is 13.4. The Bertz CT molecular complexity index is 1020. The van der Waals surface area contributed by atoms with E-state index in [2.05, 4.69) is 4.72 Å². The average molecular weight is 395 g/mol. The van der Waals surface area contributed by atoms with Crippen LogP contribution >= 0.6 is 11.6 Å². The van der Waals surface area contributed by atoms with Crippen molar-refractivity contribution < 1.29 is 23.1 Å². The summed E-state index contributed by atoms with van der Waals surface area (Å²) in [6.45, 7) is 1.94. The number of hydrogen-bond acceptors (Lipinski definition) is 4. The van der Waals surface area contributed by atoms with Gasteiger partial charge in [0.25, 0.3) is 10.0 Å². The van der Waals surface area contributed by atoms with E-state index in [0.29, 0.717) is 24.3 Å². The second kappa shape index (κ2) is 6.62. The van der Waals surface area contributed by atoms with E-state index in [1.807, 2.05) is 0 Å². The molecule has 0 unspecified atom stereocenters. The van der Waals surface area contributed by atoms with Crippen LogP contribution in [0.2, 0.25) is 5.02 Å². The van der Waals surface area contributed by atoms with Gasteiger partial charge in [0.05, 0.1) is 16.3 Å². The van der Waals surface area contributed by atoms with Gasteiger partial charge in [-0.25, -0.2) is 13.2 Å². The molecule has 136 valence electrons. The number of carboxylic acid groups (broad SMARTS) is 1. The number of amides is 1. The molecule has 2 aromatic rings. The van der Waals surface area contributed by atoms with Crippen molar-refractivity contribution in [3.63, 3.8) is 0 Å². The summed E-state index contributed by atoms with van der Waals surface area (Å²) >= 11 is 5.97. The van der Waals surface area contributed by atoms with E-state index in [4.69, 9.17) is 16.7 Å². The Hall–Kier alpha value is -2.58. The van der Waals surface area contributed by atoms with Gasteiger partial charge >= 0.3 is 5.97 Å². The molecular weight excluding hydrogens is 380 g/mol. The van der Waals surface area contributed by atoms with Crippen molar-refractivity contribution in [3.05, 3.63) is 52.5 Å². The zero-order valence-corrected chi connectivity index (χ0v) is 15.3. The minimum atomic E-state index is -4.02. The van der Waals surface area contributed by atoms with E-state index in [-0.39, 0.29) is 21.4 Å². The predicted molar refractivity (Wildman–Crippen MR) is 97.4 cm³/mol. The first kappa shape index (κ1) is 18.2. The van der Waals surface area contributed by atoms with Gasteiger partial charge in [-0.3, -0.25) is 9.52 Å². The fourth-order valence-electron chi connectivity index (χ4n) is 2.91. The SMILES string of the molecule is CC(=O)N1CCc2c(NS(=O)(=O)c3ccc(C(=O)O)cc3Cl)cccc21. The fourth-order valence-corrected chi connectivity index (χ4v) is 4.55. The van der Waals surface area contributed by atoms with E-state index in [0.717, 1.165) is 17.7 Å². The highest BCUT2D eigenvalue weighted by Crippen LogP contribution is 2.35. The standard InChI is InChI=1S/C17H15ClN2O5S/c1-10(21)20-8-7-12-14(3-2-4-15(12)20)19-26(24,25)16-6-5-11(17(22)23)9-13(16)18/h2-6,9,19H,7-8H2,1H3,(H,22,23). The van der Waals surface area contributed by atoms with Gasteiger partial charge in [0, 0.05) is 24.7 Å². The van der Waals surface area contributed by atoms with Gasteiger partial charge in [-0.1, -0.05) is 17.7 Å². The second-order valence-electron chi connectivity index (χ2n) is 5.78. The molecule has 26 heavy (non-hydrogen) atoms. The summed E-state index contributed by atoms with van der Waals surface area (Å²) in [4.78, 5) is 24.0. The average Bonchev–Trinajstić information content (AvgIpc) is 2.99. The molecule has 1 amide bonds. The number of rotatable bonds is 4. The number of nitrogens with one attached hydrogen (secondary N) is 1. The molecule has 7 nitrogen and oxygen atoms in total. The van der Waals surface area contributed by atoms with Crippen molar-refractivity contribution in [2.45, 2.75) is 18.2 Å². The first-order valence-electron chi connectivity index (χ1n) is 7.66. The quantitative estimate of drug-likeness (QED) is 0.829. The van der Waals surface area contributed by atoms with E-state index < -0.39 is 16.0 Å². The van der Waals surface area contributed by atoms with Crippen molar-refractivity contribution in [1.29, 1.82) is 0 Å². The third-order valence-electron chi connectivity index (χ3n) is 4.12. The molecule has 0 fully saturated rings. The number of carbonyl (C=O) groups is 2. The van der Waals surface area contributed by atoms with Crippen LogP contribution in [-0.2, 0) is 21.2 Å². The molecule has 0 radical (unpaired) electrons. The van der Waals surface area contributed by atoms with Crippen LogP contribution in [0.3, 0.4) is 0 Å². The summed E-state index contributed by atoms with van der Waals surface area (Å²) in [5.74, 6) is -1.31. The summed E-state index contributed by atoms with van der Waals surface area (Å²) in [5.41, 5.74) is 1.66. The highest BCUT2D eigenvalue weighted by molar-refractivity contribution is 7.92. The van der Waals surface area contributed by atoms with Crippen LogP contribution in [0.25, 0.3) is 0 Å². The van der Waals surface area contributed by atoms with E-state index >= 15 is 0 Å². The Morgan fingerprint density at radius 1 is 1.23 bits per heavy atom. The number of hydrogen-bond donors (Lipinski definition) is 2. The zero-order chi connectivity index (χ0) is 19.1. The highest BCUT2D eigenvalue weighted by atomic mass is 35.5. The minimum Gasteiger partial charge on any atom is -0.478 e. The molecule has 1 aliphatic heterocycles. The molecule has 0 atom stereocenters. The van der Waals surface area contributed by atoms with E-state index in [1.54, 1.807) is 23.1 Å². The van der Waals surface area contributed by atoms with Crippen molar-refractivity contribution in [2.24, 2.45) is 0 Å². The van der Waals surface area contributed by atoms with Gasteiger partial charge in [0.15, 0.2) is 0 Å². The molecule has 0 bridgehead atoms. The van der Waals surface area contributed by atoms with Crippen molar-refractivity contribution >= 4 is 44.9 Å². The lowest BCUT2D eigenvalue weighted by Crippen LogP contribution is -2.25. The zero-order valence-electron chi connectivity index (χ0n) is 13.7. The number of anilines is 2. The van der Waals surface area contributed by atoms with Gasteiger partial charge in [0.1, 0.15) is 4.90 Å². The Kier molecular flexibility index (Phi) is 4.64. The third kappa shape index (κ3) is 3.25. The van der Waals surface area contributed by atoms with Crippen LogP contribution in [0.15, 0.2) is 41.3 Å². The number of aromatic carboxylic acids is 1. The first-order chi connectivity index (χ1) is 12.2. The summed E-state index contributed by atoms with van der Waals surface area (Å²) in [6, 6.07) is 8.45. The number of halogens is 1. The second-order valence-corrected chi connectivity index (χ2v) is 7.84. The number of fused-ring (bicyclic) bond motifs is 1. The maximum Gasteiger partial charge on any atom is 0.335 e. The monoisotopic (exact) mass is 394 g/mol. The molecule has 0 saturated carbocycles. The first-order valence-corrected chi connectivity index (χ1v) is 9.52. The predicted octanol–water partition coefficient (Wildman–Crippen LogP) is 2.75. The summed E-state index contributed by atoms with van der Waals surface area (Å²) in [7, 11) is -4.02. The Morgan fingerprint density at radius 2 is 1.96 bits per heavy atom. The van der Waals surface area contributed by atoms with Crippen LogP contribution in [0.4, 0.5) is 11.4 Å². The van der Waals surface area contributed by atoms with Crippen molar-refractivity contribution in [2.75, 3.05) is 16.2 Å². The Balaban J connectivity index is 1.97. The molecule has 2 N–H and O–H groups in total. The largest absolute Gasteiger partial charge is 0.478 e. The van der Waals surface area contributed by atoms with Gasteiger partial charge in [0.2, 0.25) is 5.91 Å².